The van der Waals surface area contributed by atoms with Gasteiger partial charge >= 0.3 is 0 Å². The fraction of sp³-hybridized carbons (Fsp3) is 0.0667. The lowest BCUT2D eigenvalue weighted by molar-refractivity contribution is 0.170. The van der Waals surface area contributed by atoms with Crippen LogP contribution in [-0.2, 0) is 0 Å². The lowest BCUT2D eigenvalue weighted by Gasteiger charge is -2.04. The van der Waals surface area contributed by atoms with Gasteiger partial charge in [-0.3, -0.25) is 0 Å². The summed E-state index contributed by atoms with van der Waals surface area (Å²) >= 11 is 0. The number of nitrogens with zero attached hydrogens (tertiary/aromatic N) is 2. The summed E-state index contributed by atoms with van der Waals surface area (Å²) in [4.78, 5) is 4.21. The minimum Gasteiger partial charge on any atom is -0.398 e. The number of nitrogen functional groups attached to an aromatic ring is 1. The van der Waals surface area contributed by atoms with Crippen molar-refractivity contribution in [1.29, 1.82) is 0 Å². The molecule has 0 aliphatic carbocycles. The van der Waals surface area contributed by atoms with E-state index in [1.165, 1.54) is 0 Å². The second-order valence-corrected chi connectivity index (χ2v) is 4.36. The predicted molar refractivity (Wildman–Crippen MR) is 74.7 cm³/mol. The third-order valence-corrected chi connectivity index (χ3v) is 2.99. The number of benzene rings is 2. The summed E-state index contributed by atoms with van der Waals surface area (Å²) in [5.41, 5.74) is 7.81. The fourth-order valence-corrected chi connectivity index (χ4v) is 1.93. The van der Waals surface area contributed by atoms with Crippen LogP contribution >= 0.6 is 0 Å². The predicted octanol–water partition coefficient (Wildman–Crippen LogP) is 2.40. The van der Waals surface area contributed by atoms with Gasteiger partial charge in [-0.05, 0) is 17.7 Å². The van der Waals surface area contributed by atoms with Gasteiger partial charge in [-0.2, -0.15) is 4.98 Å². The maximum absolute atomic E-state index is 10.2. The van der Waals surface area contributed by atoms with Crippen LogP contribution in [0.15, 0.2) is 59.1 Å². The van der Waals surface area contributed by atoms with Crippen LogP contribution in [0.2, 0.25) is 0 Å². The van der Waals surface area contributed by atoms with E-state index in [1.807, 2.05) is 30.3 Å². The molecule has 0 fully saturated rings. The van der Waals surface area contributed by atoms with Crippen LogP contribution in [0.1, 0.15) is 17.6 Å². The van der Waals surface area contributed by atoms with E-state index in [2.05, 4.69) is 10.1 Å². The summed E-state index contributed by atoms with van der Waals surface area (Å²) in [6, 6.07) is 16.4. The van der Waals surface area contributed by atoms with Crippen LogP contribution in [0, 0.1) is 0 Å². The van der Waals surface area contributed by atoms with Gasteiger partial charge in [0.05, 0.1) is 0 Å². The molecule has 1 heterocycles. The van der Waals surface area contributed by atoms with Crippen LogP contribution in [-0.4, -0.2) is 15.2 Å². The molecule has 1 atom stereocenters. The van der Waals surface area contributed by atoms with Gasteiger partial charge in [-0.25, -0.2) is 0 Å². The van der Waals surface area contributed by atoms with Crippen molar-refractivity contribution < 1.29 is 9.63 Å². The normalized spacial score (nSPS) is 12.2. The van der Waals surface area contributed by atoms with E-state index in [-0.39, 0.29) is 5.89 Å². The number of para-hydroxylation sites is 1. The summed E-state index contributed by atoms with van der Waals surface area (Å²) in [7, 11) is 0. The van der Waals surface area contributed by atoms with Crippen molar-refractivity contribution in [2.24, 2.45) is 0 Å². The SMILES string of the molecule is Nc1ccccc1-c1noc(C(O)c2ccccc2)n1. The first-order chi connectivity index (χ1) is 9.75. The molecule has 0 spiro atoms. The summed E-state index contributed by atoms with van der Waals surface area (Å²) in [5, 5.41) is 14.1. The van der Waals surface area contributed by atoms with E-state index in [9.17, 15) is 5.11 Å². The maximum Gasteiger partial charge on any atom is 0.260 e. The average Bonchev–Trinajstić information content (AvgIpc) is 2.97. The number of hydrogen-bond acceptors (Lipinski definition) is 5. The Hall–Kier alpha value is -2.66. The molecule has 2 aromatic carbocycles. The van der Waals surface area contributed by atoms with E-state index in [4.69, 9.17) is 10.3 Å². The Morgan fingerprint density at radius 3 is 2.45 bits per heavy atom. The van der Waals surface area contributed by atoms with Crippen molar-refractivity contribution in [3.63, 3.8) is 0 Å². The summed E-state index contributed by atoms with van der Waals surface area (Å²) < 4.78 is 5.12. The molecule has 0 amide bonds. The highest BCUT2D eigenvalue weighted by atomic mass is 16.5. The molecule has 3 aromatic rings. The monoisotopic (exact) mass is 267 g/mol. The standard InChI is InChI=1S/C15H13N3O2/c16-12-9-5-4-8-11(12)14-17-15(20-18-14)13(19)10-6-2-1-3-7-10/h1-9,13,19H,16H2. The maximum atomic E-state index is 10.2. The third-order valence-electron chi connectivity index (χ3n) is 2.99. The number of hydrogen-bond donors (Lipinski definition) is 2. The molecular formula is C15H13N3O2. The van der Waals surface area contributed by atoms with Gasteiger partial charge in [-0.1, -0.05) is 47.6 Å². The fourth-order valence-electron chi connectivity index (χ4n) is 1.93. The Kier molecular flexibility index (Phi) is 3.18. The molecule has 0 aliphatic rings. The second kappa shape index (κ2) is 5.14. The van der Waals surface area contributed by atoms with Crippen LogP contribution in [0.3, 0.4) is 0 Å². The van der Waals surface area contributed by atoms with Crippen molar-refractivity contribution in [2.45, 2.75) is 6.10 Å². The number of rotatable bonds is 3. The third kappa shape index (κ3) is 2.26. The molecule has 3 N–H and O–H groups in total. The van der Waals surface area contributed by atoms with E-state index in [0.29, 0.717) is 22.6 Å². The first-order valence-electron chi connectivity index (χ1n) is 6.17. The van der Waals surface area contributed by atoms with Gasteiger partial charge < -0.3 is 15.4 Å². The minimum absolute atomic E-state index is 0.148. The molecule has 0 saturated heterocycles. The van der Waals surface area contributed by atoms with E-state index in [0.717, 1.165) is 0 Å². The summed E-state index contributed by atoms with van der Waals surface area (Å²) in [6.07, 6.45) is -0.942. The van der Waals surface area contributed by atoms with Crippen molar-refractivity contribution in [3.05, 3.63) is 66.1 Å². The Bertz CT molecular complexity index is 710. The van der Waals surface area contributed by atoms with Gasteiger partial charge in [-0.15, -0.1) is 0 Å². The number of aliphatic hydroxyl groups excluding tert-OH is 1. The Balaban J connectivity index is 1.93. The van der Waals surface area contributed by atoms with E-state index < -0.39 is 6.10 Å². The second-order valence-electron chi connectivity index (χ2n) is 4.36. The van der Waals surface area contributed by atoms with Crippen LogP contribution < -0.4 is 5.73 Å². The number of aliphatic hydroxyl groups is 1. The Morgan fingerprint density at radius 1 is 1.00 bits per heavy atom. The lowest BCUT2D eigenvalue weighted by atomic mass is 10.1. The molecule has 3 rings (SSSR count). The van der Waals surface area contributed by atoms with Gasteiger partial charge in [0.25, 0.3) is 5.89 Å². The van der Waals surface area contributed by atoms with E-state index >= 15 is 0 Å². The van der Waals surface area contributed by atoms with Gasteiger partial charge in [0, 0.05) is 11.3 Å². The summed E-state index contributed by atoms with van der Waals surface area (Å²) in [6.45, 7) is 0. The van der Waals surface area contributed by atoms with Gasteiger partial charge in [0.2, 0.25) is 5.82 Å². The van der Waals surface area contributed by atoms with Crippen molar-refractivity contribution in [1.82, 2.24) is 10.1 Å². The summed E-state index contributed by atoms with van der Waals surface area (Å²) in [5.74, 6) is 0.516. The van der Waals surface area contributed by atoms with Crippen molar-refractivity contribution in [3.8, 4) is 11.4 Å². The number of nitrogens with two attached hydrogens (primary N) is 1. The molecule has 0 bridgehead atoms. The van der Waals surface area contributed by atoms with Gasteiger partial charge in [0.15, 0.2) is 6.10 Å². The largest absolute Gasteiger partial charge is 0.398 e. The molecule has 5 heteroatoms. The molecule has 0 saturated carbocycles. The van der Waals surface area contributed by atoms with Crippen molar-refractivity contribution >= 4 is 5.69 Å². The molecule has 5 nitrogen and oxygen atoms in total. The van der Waals surface area contributed by atoms with E-state index in [1.54, 1.807) is 24.3 Å². The molecule has 0 aliphatic heterocycles. The number of anilines is 1. The molecule has 20 heavy (non-hydrogen) atoms. The smallest absolute Gasteiger partial charge is 0.260 e. The Labute approximate surface area is 115 Å². The zero-order valence-corrected chi connectivity index (χ0v) is 10.6. The molecule has 0 radical (unpaired) electrons. The average molecular weight is 267 g/mol. The van der Waals surface area contributed by atoms with Crippen molar-refractivity contribution in [2.75, 3.05) is 5.73 Å². The highest BCUT2D eigenvalue weighted by Crippen LogP contribution is 2.26. The van der Waals surface area contributed by atoms with Crippen LogP contribution in [0.4, 0.5) is 5.69 Å². The number of aromatic nitrogens is 2. The molecular weight excluding hydrogens is 254 g/mol. The lowest BCUT2D eigenvalue weighted by Crippen LogP contribution is -1.99. The highest BCUT2D eigenvalue weighted by Gasteiger charge is 2.19. The van der Waals surface area contributed by atoms with Crippen LogP contribution in [0.5, 0.6) is 0 Å². The zero-order valence-electron chi connectivity index (χ0n) is 10.6. The van der Waals surface area contributed by atoms with Crippen LogP contribution in [0.25, 0.3) is 11.4 Å². The Morgan fingerprint density at radius 2 is 1.70 bits per heavy atom. The minimum atomic E-state index is -0.942. The first kappa shape index (κ1) is 12.4. The molecule has 1 unspecified atom stereocenters. The topological polar surface area (TPSA) is 85.2 Å². The zero-order chi connectivity index (χ0) is 13.9. The first-order valence-corrected chi connectivity index (χ1v) is 6.17. The molecule has 1 aromatic heterocycles. The highest BCUT2D eigenvalue weighted by molar-refractivity contribution is 5.70. The quantitative estimate of drug-likeness (QED) is 0.712. The molecule has 100 valence electrons. The van der Waals surface area contributed by atoms with Gasteiger partial charge in [0.1, 0.15) is 0 Å².